The molecule has 0 aliphatic carbocycles. The molecule has 132 valence electrons. The molecular formula is C18H22N4O2S. The number of rotatable bonds is 3. The van der Waals surface area contributed by atoms with E-state index in [1.54, 1.807) is 18.1 Å². The van der Waals surface area contributed by atoms with E-state index in [1.165, 1.54) is 31.2 Å². The lowest BCUT2D eigenvalue weighted by Gasteiger charge is -2.30. The van der Waals surface area contributed by atoms with Crippen molar-refractivity contribution in [2.24, 2.45) is 5.92 Å². The lowest BCUT2D eigenvalue weighted by molar-refractivity contribution is -0.116. The lowest BCUT2D eigenvalue weighted by atomic mass is 9.97. The molecule has 0 saturated carbocycles. The number of carbonyl (C=O) groups is 2. The first-order valence-electron chi connectivity index (χ1n) is 8.66. The normalized spacial score (nSPS) is 25.1. The maximum atomic E-state index is 12.6. The topological polar surface area (TPSA) is 65.5 Å². The summed E-state index contributed by atoms with van der Waals surface area (Å²) in [7, 11) is 1.75. The first-order chi connectivity index (χ1) is 12.0. The summed E-state index contributed by atoms with van der Waals surface area (Å²) in [6, 6.07) is 3.97. The Hall–Kier alpha value is -1.99. The summed E-state index contributed by atoms with van der Waals surface area (Å²) in [6.07, 6.45) is 4.03. The average molecular weight is 358 g/mol. The maximum absolute atomic E-state index is 12.6. The Kier molecular flexibility index (Phi) is 4.21. The van der Waals surface area contributed by atoms with Crippen molar-refractivity contribution in [3.63, 3.8) is 0 Å². The molecule has 0 aromatic carbocycles. The molecule has 2 aromatic rings. The molecule has 25 heavy (non-hydrogen) atoms. The highest BCUT2D eigenvalue weighted by atomic mass is 32.1. The highest BCUT2D eigenvalue weighted by molar-refractivity contribution is 7.23. The number of pyridine rings is 1. The zero-order valence-electron chi connectivity index (χ0n) is 14.5. The third-order valence-electron chi connectivity index (χ3n) is 5.23. The molecule has 2 amide bonds. The molecule has 1 N–H and O–H groups in total. The van der Waals surface area contributed by atoms with E-state index in [9.17, 15) is 9.59 Å². The van der Waals surface area contributed by atoms with Crippen molar-refractivity contribution in [2.45, 2.75) is 25.8 Å². The number of piperidine rings is 1. The zero-order valence-corrected chi connectivity index (χ0v) is 15.3. The molecule has 3 unspecified atom stereocenters. The largest absolute Gasteiger partial charge is 0.347 e. The fourth-order valence-electron chi connectivity index (χ4n) is 3.79. The Bertz CT molecular complexity index is 822. The van der Waals surface area contributed by atoms with Crippen molar-refractivity contribution in [2.75, 3.05) is 31.6 Å². The van der Waals surface area contributed by atoms with E-state index in [-0.39, 0.29) is 17.9 Å². The van der Waals surface area contributed by atoms with Crippen LogP contribution in [0.1, 0.15) is 30.3 Å². The molecule has 0 radical (unpaired) electrons. The molecule has 0 spiro atoms. The van der Waals surface area contributed by atoms with Gasteiger partial charge >= 0.3 is 0 Å². The fourth-order valence-corrected chi connectivity index (χ4v) is 4.86. The standard InChI is InChI=1S/C18H22N4O2S/c1-11(23)21(2)17-6-13-8-19-15(7-16(13)25-17)18(24)20-14-5-12-3-4-22(9-12)10-14/h6-8,12,14H,3-5,9-10H2,1-2H3,(H,20,24). The van der Waals surface area contributed by atoms with Crippen molar-refractivity contribution in [1.29, 1.82) is 0 Å². The van der Waals surface area contributed by atoms with E-state index in [0.29, 0.717) is 5.69 Å². The Morgan fingerprint density at radius 3 is 2.96 bits per heavy atom. The number of fused-ring (bicyclic) bond motifs is 3. The fraction of sp³-hybridized carbons (Fsp3) is 0.500. The summed E-state index contributed by atoms with van der Waals surface area (Å²) in [6.45, 7) is 4.81. The lowest BCUT2D eigenvalue weighted by Crippen LogP contribution is -2.47. The van der Waals surface area contributed by atoms with Crippen molar-refractivity contribution >= 4 is 38.2 Å². The van der Waals surface area contributed by atoms with Gasteiger partial charge in [0.1, 0.15) is 5.69 Å². The van der Waals surface area contributed by atoms with E-state index >= 15 is 0 Å². The van der Waals surface area contributed by atoms with Gasteiger partial charge in [0, 0.05) is 49.4 Å². The number of aromatic nitrogens is 1. The van der Waals surface area contributed by atoms with E-state index in [0.717, 1.165) is 40.5 Å². The van der Waals surface area contributed by atoms with Crippen LogP contribution in [0.25, 0.3) is 10.1 Å². The van der Waals surface area contributed by atoms with Gasteiger partial charge in [0.2, 0.25) is 5.91 Å². The quantitative estimate of drug-likeness (QED) is 0.913. The number of nitrogens with one attached hydrogen (secondary N) is 1. The van der Waals surface area contributed by atoms with E-state index in [2.05, 4.69) is 15.2 Å². The number of amides is 2. The number of nitrogens with zero attached hydrogens (tertiary/aromatic N) is 3. The molecule has 3 atom stereocenters. The van der Waals surface area contributed by atoms with Crippen molar-refractivity contribution in [1.82, 2.24) is 15.2 Å². The molecule has 2 aromatic heterocycles. The zero-order chi connectivity index (χ0) is 17.6. The van der Waals surface area contributed by atoms with Gasteiger partial charge in [-0.3, -0.25) is 14.6 Å². The van der Waals surface area contributed by atoms with Crippen LogP contribution < -0.4 is 10.2 Å². The monoisotopic (exact) mass is 358 g/mol. The second-order valence-electron chi connectivity index (χ2n) is 7.09. The summed E-state index contributed by atoms with van der Waals surface area (Å²) < 4.78 is 0.968. The van der Waals surface area contributed by atoms with Crippen LogP contribution in [-0.4, -0.2) is 54.4 Å². The Morgan fingerprint density at radius 1 is 1.36 bits per heavy atom. The highest BCUT2D eigenvalue weighted by Gasteiger charge is 2.33. The van der Waals surface area contributed by atoms with Crippen LogP contribution in [0.2, 0.25) is 0 Å². The second-order valence-corrected chi connectivity index (χ2v) is 8.15. The van der Waals surface area contributed by atoms with Crippen molar-refractivity contribution in [3.05, 3.63) is 24.0 Å². The minimum atomic E-state index is -0.107. The molecule has 4 heterocycles. The summed E-state index contributed by atoms with van der Waals surface area (Å²) in [4.78, 5) is 32.5. The van der Waals surface area contributed by atoms with Gasteiger partial charge in [0.25, 0.3) is 5.91 Å². The van der Waals surface area contributed by atoms with Gasteiger partial charge < -0.3 is 15.1 Å². The van der Waals surface area contributed by atoms with Gasteiger partial charge in [-0.05, 0) is 37.4 Å². The highest BCUT2D eigenvalue weighted by Crippen LogP contribution is 2.32. The minimum absolute atomic E-state index is 0.0144. The minimum Gasteiger partial charge on any atom is -0.347 e. The number of thiophene rings is 1. The number of carbonyl (C=O) groups excluding carboxylic acids is 2. The molecule has 2 aliphatic rings. The maximum Gasteiger partial charge on any atom is 0.270 e. The van der Waals surface area contributed by atoms with Gasteiger partial charge in [-0.15, -0.1) is 11.3 Å². The van der Waals surface area contributed by atoms with Crippen molar-refractivity contribution < 1.29 is 9.59 Å². The van der Waals surface area contributed by atoms with Gasteiger partial charge in [-0.2, -0.15) is 0 Å². The molecule has 6 nitrogen and oxygen atoms in total. The molecular weight excluding hydrogens is 336 g/mol. The number of hydrogen-bond donors (Lipinski definition) is 1. The van der Waals surface area contributed by atoms with Crippen LogP contribution in [0.4, 0.5) is 5.00 Å². The van der Waals surface area contributed by atoms with Crippen LogP contribution >= 0.6 is 11.3 Å². The summed E-state index contributed by atoms with van der Waals surface area (Å²) >= 11 is 1.50. The third kappa shape index (κ3) is 3.26. The van der Waals surface area contributed by atoms with Gasteiger partial charge in [-0.1, -0.05) is 0 Å². The predicted molar refractivity (Wildman–Crippen MR) is 99.1 cm³/mol. The Balaban J connectivity index is 1.50. The predicted octanol–water partition coefficient (Wildman–Crippen LogP) is 2.10. The van der Waals surface area contributed by atoms with Crippen LogP contribution in [0.5, 0.6) is 0 Å². The third-order valence-corrected chi connectivity index (χ3v) is 6.40. The number of hydrogen-bond acceptors (Lipinski definition) is 5. The molecule has 2 saturated heterocycles. The average Bonchev–Trinajstić information content (AvgIpc) is 3.16. The number of anilines is 1. The van der Waals surface area contributed by atoms with Gasteiger partial charge in [0.05, 0.1) is 5.00 Å². The van der Waals surface area contributed by atoms with E-state index in [4.69, 9.17) is 0 Å². The van der Waals surface area contributed by atoms with E-state index in [1.807, 2.05) is 12.1 Å². The molecule has 2 aliphatic heterocycles. The SMILES string of the molecule is CC(=O)N(C)c1cc2cnc(C(=O)NC3CC4CCN(C4)C3)cc2s1. The molecule has 7 heteroatoms. The Labute approximate surface area is 150 Å². The first-order valence-corrected chi connectivity index (χ1v) is 9.48. The van der Waals surface area contributed by atoms with Crippen LogP contribution in [0.15, 0.2) is 18.3 Å². The van der Waals surface area contributed by atoms with Gasteiger partial charge in [0.15, 0.2) is 0 Å². The van der Waals surface area contributed by atoms with Crippen LogP contribution in [0, 0.1) is 5.92 Å². The molecule has 2 bridgehead atoms. The smallest absolute Gasteiger partial charge is 0.270 e. The molecule has 4 rings (SSSR count). The Morgan fingerprint density at radius 2 is 2.20 bits per heavy atom. The summed E-state index contributed by atoms with van der Waals surface area (Å²) in [5, 5.41) is 4.96. The van der Waals surface area contributed by atoms with E-state index < -0.39 is 0 Å². The van der Waals surface area contributed by atoms with Gasteiger partial charge in [-0.25, -0.2) is 0 Å². The van der Waals surface area contributed by atoms with Crippen LogP contribution in [-0.2, 0) is 4.79 Å². The van der Waals surface area contributed by atoms with Crippen LogP contribution in [0.3, 0.4) is 0 Å². The summed E-state index contributed by atoms with van der Waals surface area (Å²) in [5.41, 5.74) is 0.444. The van der Waals surface area contributed by atoms with Crippen molar-refractivity contribution in [3.8, 4) is 0 Å². The first kappa shape index (κ1) is 16.5. The summed E-state index contributed by atoms with van der Waals surface area (Å²) in [5.74, 6) is 0.597. The molecule has 2 fully saturated rings. The second kappa shape index (κ2) is 6.38.